The molecule has 4 heterocycles. The molecule has 0 bridgehead atoms. The number of anilines is 1. The standard InChI is InChI=1S/C25H25N5O/c1-18-13-24(21-6-2-3-7-22(21)28-18)29-11-8-19(9-12-29)16-30-17-27-23(14-25(30)31)20-5-4-10-26-15-20/h2-7,10,13-15,17,19H,8-9,11-12,16H2,1H3. The first-order valence-electron chi connectivity index (χ1n) is 10.8. The zero-order valence-electron chi connectivity index (χ0n) is 17.6. The van der Waals surface area contributed by atoms with Gasteiger partial charge < -0.3 is 4.90 Å². The Morgan fingerprint density at radius 1 is 1.06 bits per heavy atom. The van der Waals surface area contributed by atoms with Crippen molar-refractivity contribution in [3.63, 3.8) is 0 Å². The SMILES string of the molecule is Cc1cc(N2CCC(Cn3cnc(-c4cccnc4)cc3=O)CC2)c2ccccc2n1. The molecule has 0 radical (unpaired) electrons. The fourth-order valence-electron chi connectivity index (χ4n) is 4.42. The van der Waals surface area contributed by atoms with Gasteiger partial charge in [0.2, 0.25) is 0 Å². The van der Waals surface area contributed by atoms with E-state index in [1.54, 1.807) is 29.4 Å². The van der Waals surface area contributed by atoms with Gasteiger partial charge in [-0.3, -0.25) is 19.3 Å². The number of aryl methyl sites for hydroxylation is 1. The number of aromatic nitrogens is 4. The minimum Gasteiger partial charge on any atom is -0.371 e. The molecule has 1 aromatic carbocycles. The number of hydrogen-bond acceptors (Lipinski definition) is 5. The maximum atomic E-state index is 12.6. The van der Waals surface area contributed by atoms with Crippen LogP contribution in [0.25, 0.3) is 22.2 Å². The summed E-state index contributed by atoms with van der Waals surface area (Å²) in [5, 5.41) is 1.21. The van der Waals surface area contributed by atoms with Crippen LogP contribution >= 0.6 is 0 Å². The van der Waals surface area contributed by atoms with Crippen LogP contribution in [0.15, 0.2) is 72.0 Å². The second-order valence-corrected chi connectivity index (χ2v) is 8.24. The Morgan fingerprint density at radius 3 is 2.68 bits per heavy atom. The second-order valence-electron chi connectivity index (χ2n) is 8.24. The van der Waals surface area contributed by atoms with E-state index in [0.717, 1.165) is 42.7 Å². The van der Waals surface area contributed by atoms with Crippen LogP contribution in [0.3, 0.4) is 0 Å². The third-order valence-corrected chi connectivity index (χ3v) is 6.07. The van der Waals surface area contributed by atoms with E-state index in [1.807, 2.05) is 18.2 Å². The predicted octanol–water partition coefficient (Wildman–Crippen LogP) is 4.08. The largest absolute Gasteiger partial charge is 0.371 e. The molecule has 0 unspecified atom stereocenters. The lowest BCUT2D eigenvalue weighted by molar-refractivity contribution is 0.351. The van der Waals surface area contributed by atoms with Crippen LogP contribution in [0.4, 0.5) is 5.69 Å². The van der Waals surface area contributed by atoms with Crippen molar-refractivity contribution in [3.05, 3.63) is 83.3 Å². The van der Waals surface area contributed by atoms with E-state index in [2.05, 4.69) is 51.0 Å². The van der Waals surface area contributed by atoms with Crippen molar-refractivity contribution < 1.29 is 0 Å². The van der Waals surface area contributed by atoms with Gasteiger partial charge in [-0.05, 0) is 49.9 Å². The van der Waals surface area contributed by atoms with Crippen LogP contribution < -0.4 is 10.5 Å². The molecule has 0 spiro atoms. The van der Waals surface area contributed by atoms with Gasteiger partial charge in [0.25, 0.3) is 5.56 Å². The number of rotatable bonds is 4. The predicted molar refractivity (Wildman–Crippen MR) is 123 cm³/mol. The van der Waals surface area contributed by atoms with Crippen molar-refractivity contribution in [2.75, 3.05) is 18.0 Å². The fraction of sp³-hybridized carbons (Fsp3) is 0.280. The Labute approximate surface area is 181 Å². The number of hydrogen-bond donors (Lipinski definition) is 0. The van der Waals surface area contributed by atoms with Crippen molar-refractivity contribution in [2.24, 2.45) is 5.92 Å². The zero-order chi connectivity index (χ0) is 21.2. The highest BCUT2D eigenvalue weighted by atomic mass is 16.1. The summed E-state index contributed by atoms with van der Waals surface area (Å²) in [6.07, 6.45) is 7.22. The molecular weight excluding hydrogens is 386 g/mol. The third-order valence-electron chi connectivity index (χ3n) is 6.07. The molecule has 0 N–H and O–H groups in total. The van der Waals surface area contributed by atoms with Gasteiger partial charge >= 0.3 is 0 Å². The van der Waals surface area contributed by atoms with Crippen LogP contribution in [0, 0.1) is 12.8 Å². The number of fused-ring (bicyclic) bond motifs is 1. The maximum Gasteiger partial charge on any atom is 0.253 e. The summed E-state index contributed by atoms with van der Waals surface area (Å²) in [4.78, 5) is 28.4. The summed E-state index contributed by atoms with van der Waals surface area (Å²) < 4.78 is 1.74. The van der Waals surface area contributed by atoms with Gasteiger partial charge in [0.05, 0.1) is 17.5 Å². The lowest BCUT2D eigenvalue weighted by atomic mass is 9.95. The lowest BCUT2D eigenvalue weighted by Crippen LogP contribution is -2.36. The van der Waals surface area contributed by atoms with E-state index < -0.39 is 0 Å². The van der Waals surface area contributed by atoms with Crippen LogP contribution in [0.5, 0.6) is 0 Å². The molecular formula is C25H25N5O. The van der Waals surface area contributed by atoms with Crippen molar-refractivity contribution >= 4 is 16.6 Å². The van der Waals surface area contributed by atoms with Crippen LogP contribution in [0.1, 0.15) is 18.5 Å². The molecule has 0 amide bonds. The van der Waals surface area contributed by atoms with E-state index in [9.17, 15) is 4.79 Å². The lowest BCUT2D eigenvalue weighted by Gasteiger charge is -2.34. The Balaban J connectivity index is 1.28. The van der Waals surface area contributed by atoms with E-state index in [1.165, 1.54) is 11.1 Å². The van der Waals surface area contributed by atoms with Crippen molar-refractivity contribution in [1.82, 2.24) is 19.5 Å². The first kappa shape index (κ1) is 19.4. The average molecular weight is 412 g/mol. The molecule has 1 aliphatic rings. The highest BCUT2D eigenvalue weighted by molar-refractivity contribution is 5.92. The van der Waals surface area contributed by atoms with Gasteiger partial charge in [-0.15, -0.1) is 0 Å². The molecule has 1 aliphatic heterocycles. The van der Waals surface area contributed by atoms with Gasteiger partial charge in [-0.25, -0.2) is 4.98 Å². The van der Waals surface area contributed by atoms with E-state index >= 15 is 0 Å². The molecule has 3 aromatic heterocycles. The van der Waals surface area contributed by atoms with Crippen LogP contribution in [-0.2, 0) is 6.54 Å². The topological polar surface area (TPSA) is 63.9 Å². The first-order chi connectivity index (χ1) is 15.2. The molecule has 6 heteroatoms. The third kappa shape index (κ3) is 4.06. The number of nitrogens with zero attached hydrogens (tertiary/aromatic N) is 5. The summed E-state index contributed by atoms with van der Waals surface area (Å²) in [5.41, 5.74) is 4.88. The summed E-state index contributed by atoms with van der Waals surface area (Å²) in [6.45, 7) is 4.72. The molecule has 31 heavy (non-hydrogen) atoms. The van der Waals surface area contributed by atoms with Gasteiger partial charge in [-0.2, -0.15) is 0 Å². The smallest absolute Gasteiger partial charge is 0.253 e. The normalized spacial score (nSPS) is 14.8. The molecule has 1 saturated heterocycles. The molecule has 1 fully saturated rings. The number of piperidine rings is 1. The number of benzene rings is 1. The molecule has 5 rings (SSSR count). The Bertz CT molecular complexity index is 1260. The summed E-state index contributed by atoms with van der Waals surface area (Å²) in [5.74, 6) is 0.467. The Hall–Kier alpha value is -3.54. The van der Waals surface area contributed by atoms with Gasteiger partial charge in [0.1, 0.15) is 0 Å². The average Bonchev–Trinajstić information content (AvgIpc) is 2.81. The molecule has 6 nitrogen and oxygen atoms in total. The van der Waals surface area contributed by atoms with E-state index in [0.29, 0.717) is 18.2 Å². The van der Waals surface area contributed by atoms with Crippen molar-refractivity contribution in [2.45, 2.75) is 26.3 Å². The number of para-hydroxylation sites is 1. The highest BCUT2D eigenvalue weighted by Gasteiger charge is 2.22. The van der Waals surface area contributed by atoms with Crippen LogP contribution in [-0.4, -0.2) is 32.6 Å². The molecule has 4 aromatic rings. The second kappa shape index (κ2) is 8.30. The Morgan fingerprint density at radius 2 is 1.90 bits per heavy atom. The Kier molecular flexibility index (Phi) is 5.20. The molecule has 0 saturated carbocycles. The minimum absolute atomic E-state index is 0.00737. The quantitative estimate of drug-likeness (QED) is 0.506. The monoisotopic (exact) mass is 411 g/mol. The van der Waals surface area contributed by atoms with Crippen molar-refractivity contribution in [1.29, 1.82) is 0 Å². The number of pyridine rings is 2. The summed E-state index contributed by atoms with van der Waals surface area (Å²) in [6, 6.07) is 15.9. The fourth-order valence-corrected chi connectivity index (χ4v) is 4.42. The zero-order valence-corrected chi connectivity index (χ0v) is 17.6. The van der Waals surface area contributed by atoms with Crippen molar-refractivity contribution in [3.8, 4) is 11.3 Å². The highest BCUT2D eigenvalue weighted by Crippen LogP contribution is 2.30. The molecule has 0 atom stereocenters. The minimum atomic E-state index is -0.00737. The molecule has 0 aliphatic carbocycles. The summed E-state index contributed by atoms with van der Waals surface area (Å²) >= 11 is 0. The molecule has 156 valence electrons. The first-order valence-corrected chi connectivity index (χ1v) is 10.8. The van der Waals surface area contributed by atoms with Crippen LogP contribution in [0.2, 0.25) is 0 Å². The van der Waals surface area contributed by atoms with E-state index in [-0.39, 0.29) is 5.56 Å². The van der Waals surface area contributed by atoms with Gasteiger partial charge in [0.15, 0.2) is 0 Å². The van der Waals surface area contributed by atoms with Gasteiger partial charge in [0, 0.05) is 60.4 Å². The van der Waals surface area contributed by atoms with Gasteiger partial charge in [-0.1, -0.05) is 18.2 Å². The van der Waals surface area contributed by atoms with E-state index in [4.69, 9.17) is 0 Å². The summed E-state index contributed by atoms with van der Waals surface area (Å²) in [7, 11) is 0. The maximum absolute atomic E-state index is 12.6.